The molecule has 3 N–H and O–H groups in total. The van der Waals surface area contributed by atoms with Crippen LogP contribution >= 0.6 is 0 Å². The summed E-state index contributed by atoms with van der Waals surface area (Å²) < 4.78 is 5.19. The van der Waals surface area contributed by atoms with Crippen LogP contribution in [-0.2, 0) is 12.8 Å². The maximum atomic E-state index is 9.41. The SMILES string of the molecule is COc1ccc(CCc2ccc([C@@H]3CC[C@](N)(CO)C3)cc2)cc1. The standard InChI is InChI=1S/C21H27NO2/c1-24-20-10-6-17(7-11-20)3-2-16-4-8-18(9-5-16)19-12-13-21(22,14-19)15-23/h4-11,19,23H,2-3,12-15,22H2,1H3/t19-,21-/m1/s1. The zero-order valence-electron chi connectivity index (χ0n) is 14.4. The van der Waals surface area contributed by atoms with Crippen molar-refractivity contribution in [3.63, 3.8) is 0 Å². The molecule has 1 fully saturated rings. The number of hydrogen-bond donors (Lipinski definition) is 2. The van der Waals surface area contributed by atoms with E-state index in [1.807, 2.05) is 12.1 Å². The molecular formula is C21H27NO2. The molecule has 0 bridgehead atoms. The van der Waals surface area contributed by atoms with E-state index >= 15 is 0 Å². The number of aliphatic hydroxyl groups excluding tert-OH is 1. The molecule has 0 aliphatic heterocycles. The molecule has 24 heavy (non-hydrogen) atoms. The van der Waals surface area contributed by atoms with Gasteiger partial charge < -0.3 is 15.6 Å². The Morgan fingerprint density at radius 2 is 1.62 bits per heavy atom. The Bertz CT molecular complexity index is 651. The van der Waals surface area contributed by atoms with Crippen molar-refractivity contribution < 1.29 is 9.84 Å². The van der Waals surface area contributed by atoms with E-state index in [1.54, 1.807) is 7.11 Å². The summed E-state index contributed by atoms with van der Waals surface area (Å²) >= 11 is 0. The molecule has 1 saturated carbocycles. The number of benzene rings is 2. The van der Waals surface area contributed by atoms with Gasteiger partial charge in [0.05, 0.1) is 13.7 Å². The lowest BCUT2D eigenvalue weighted by molar-refractivity contribution is 0.198. The van der Waals surface area contributed by atoms with Gasteiger partial charge in [-0.05, 0) is 66.8 Å². The van der Waals surface area contributed by atoms with Gasteiger partial charge >= 0.3 is 0 Å². The number of nitrogens with two attached hydrogens (primary N) is 1. The third-order valence-electron chi connectivity index (χ3n) is 5.27. The number of aliphatic hydroxyl groups is 1. The second kappa shape index (κ2) is 7.37. The molecule has 1 aliphatic carbocycles. The minimum atomic E-state index is -0.377. The molecule has 2 aromatic rings. The molecule has 0 radical (unpaired) electrons. The van der Waals surface area contributed by atoms with Crippen LogP contribution in [0.1, 0.15) is 41.9 Å². The summed E-state index contributed by atoms with van der Waals surface area (Å²) in [6, 6.07) is 17.2. The van der Waals surface area contributed by atoms with Crippen LogP contribution in [0, 0.1) is 0 Å². The first-order valence-corrected chi connectivity index (χ1v) is 8.73. The molecule has 2 aromatic carbocycles. The lowest BCUT2D eigenvalue weighted by Gasteiger charge is -2.21. The van der Waals surface area contributed by atoms with Crippen molar-refractivity contribution in [2.24, 2.45) is 5.73 Å². The third-order valence-corrected chi connectivity index (χ3v) is 5.27. The van der Waals surface area contributed by atoms with Gasteiger partial charge in [0.2, 0.25) is 0 Å². The van der Waals surface area contributed by atoms with Gasteiger partial charge in [0.15, 0.2) is 0 Å². The number of rotatable bonds is 6. The normalized spacial score (nSPS) is 23.4. The van der Waals surface area contributed by atoms with E-state index < -0.39 is 0 Å². The molecule has 1 aliphatic rings. The minimum Gasteiger partial charge on any atom is -0.497 e. The van der Waals surface area contributed by atoms with Crippen molar-refractivity contribution in [2.75, 3.05) is 13.7 Å². The Labute approximate surface area is 144 Å². The maximum absolute atomic E-state index is 9.41. The highest BCUT2D eigenvalue weighted by Gasteiger charge is 2.35. The Kier molecular flexibility index (Phi) is 5.22. The van der Waals surface area contributed by atoms with Crippen LogP contribution in [0.4, 0.5) is 0 Å². The fourth-order valence-corrected chi connectivity index (χ4v) is 3.62. The second-order valence-corrected chi connectivity index (χ2v) is 7.05. The summed E-state index contributed by atoms with van der Waals surface area (Å²) in [5.74, 6) is 1.39. The smallest absolute Gasteiger partial charge is 0.118 e. The van der Waals surface area contributed by atoms with Gasteiger partial charge in [-0.15, -0.1) is 0 Å². The predicted octanol–water partition coefficient (Wildman–Crippen LogP) is 3.44. The highest BCUT2D eigenvalue weighted by atomic mass is 16.5. The van der Waals surface area contributed by atoms with Crippen molar-refractivity contribution in [3.8, 4) is 5.75 Å². The third kappa shape index (κ3) is 3.97. The van der Waals surface area contributed by atoms with Gasteiger partial charge in [0.25, 0.3) is 0 Å². The first-order valence-electron chi connectivity index (χ1n) is 8.73. The van der Waals surface area contributed by atoms with Crippen LogP contribution in [0.15, 0.2) is 48.5 Å². The zero-order chi connectivity index (χ0) is 17.0. The van der Waals surface area contributed by atoms with Gasteiger partial charge in [-0.3, -0.25) is 0 Å². The molecule has 3 heteroatoms. The van der Waals surface area contributed by atoms with E-state index in [1.165, 1.54) is 16.7 Å². The Morgan fingerprint density at radius 3 is 2.12 bits per heavy atom. The highest BCUT2D eigenvalue weighted by Crippen LogP contribution is 2.39. The topological polar surface area (TPSA) is 55.5 Å². The Morgan fingerprint density at radius 1 is 1.04 bits per heavy atom. The van der Waals surface area contributed by atoms with Gasteiger partial charge in [-0.1, -0.05) is 36.4 Å². The molecule has 3 rings (SSSR count). The number of methoxy groups -OCH3 is 1. The maximum Gasteiger partial charge on any atom is 0.118 e. The molecule has 0 spiro atoms. The van der Waals surface area contributed by atoms with Crippen LogP contribution < -0.4 is 10.5 Å². The number of hydrogen-bond acceptors (Lipinski definition) is 3. The fraction of sp³-hybridized carbons (Fsp3) is 0.429. The first-order chi connectivity index (χ1) is 11.6. The molecule has 0 amide bonds. The summed E-state index contributed by atoms with van der Waals surface area (Å²) in [6.07, 6.45) is 4.93. The van der Waals surface area contributed by atoms with Crippen molar-refractivity contribution in [3.05, 3.63) is 65.2 Å². The average Bonchev–Trinajstić information content (AvgIpc) is 3.04. The first kappa shape index (κ1) is 17.0. The summed E-state index contributed by atoms with van der Waals surface area (Å²) in [5.41, 5.74) is 9.84. The molecule has 0 aromatic heterocycles. The average molecular weight is 325 g/mol. The summed E-state index contributed by atoms with van der Waals surface area (Å²) in [5, 5.41) is 9.41. The second-order valence-electron chi connectivity index (χ2n) is 7.05. The lowest BCUT2D eigenvalue weighted by Crippen LogP contribution is -2.40. The summed E-state index contributed by atoms with van der Waals surface area (Å²) in [6.45, 7) is 0.0868. The lowest BCUT2D eigenvalue weighted by atomic mass is 9.92. The monoisotopic (exact) mass is 325 g/mol. The van der Waals surface area contributed by atoms with Gasteiger partial charge in [0, 0.05) is 5.54 Å². The van der Waals surface area contributed by atoms with Crippen LogP contribution in [0.2, 0.25) is 0 Å². The molecule has 0 saturated heterocycles. The van der Waals surface area contributed by atoms with Crippen molar-refractivity contribution >= 4 is 0 Å². The van der Waals surface area contributed by atoms with E-state index in [4.69, 9.17) is 10.5 Å². The Balaban J connectivity index is 1.56. The molecule has 128 valence electrons. The zero-order valence-corrected chi connectivity index (χ0v) is 14.4. The van der Waals surface area contributed by atoms with E-state index in [2.05, 4.69) is 36.4 Å². The highest BCUT2D eigenvalue weighted by molar-refractivity contribution is 5.30. The van der Waals surface area contributed by atoms with E-state index in [0.29, 0.717) is 5.92 Å². The predicted molar refractivity (Wildman–Crippen MR) is 97.4 cm³/mol. The molecule has 0 heterocycles. The van der Waals surface area contributed by atoms with Crippen LogP contribution in [0.5, 0.6) is 5.75 Å². The van der Waals surface area contributed by atoms with Crippen molar-refractivity contribution in [1.29, 1.82) is 0 Å². The van der Waals surface area contributed by atoms with Crippen LogP contribution in [0.3, 0.4) is 0 Å². The van der Waals surface area contributed by atoms with Crippen molar-refractivity contribution in [2.45, 2.75) is 43.6 Å². The molecule has 2 atom stereocenters. The molecule has 3 nitrogen and oxygen atoms in total. The van der Waals surface area contributed by atoms with Crippen LogP contribution in [-0.4, -0.2) is 24.4 Å². The van der Waals surface area contributed by atoms with Gasteiger partial charge in [-0.25, -0.2) is 0 Å². The Hall–Kier alpha value is -1.84. The van der Waals surface area contributed by atoms with E-state index in [0.717, 1.165) is 37.9 Å². The summed E-state index contributed by atoms with van der Waals surface area (Å²) in [7, 11) is 1.69. The fourth-order valence-electron chi connectivity index (χ4n) is 3.62. The molecule has 0 unspecified atom stereocenters. The van der Waals surface area contributed by atoms with E-state index in [9.17, 15) is 5.11 Å². The minimum absolute atomic E-state index is 0.0868. The van der Waals surface area contributed by atoms with Gasteiger partial charge in [0.1, 0.15) is 5.75 Å². The van der Waals surface area contributed by atoms with Crippen molar-refractivity contribution in [1.82, 2.24) is 0 Å². The summed E-state index contributed by atoms with van der Waals surface area (Å²) in [4.78, 5) is 0. The largest absolute Gasteiger partial charge is 0.497 e. The van der Waals surface area contributed by atoms with E-state index in [-0.39, 0.29) is 12.1 Å². The van der Waals surface area contributed by atoms with Gasteiger partial charge in [-0.2, -0.15) is 0 Å². The quantitative estimate of drug-likeness (QED) is 0.855. The molecular weight excluding hydrogens is 298 g/mol. The van der Waals surface area contributed by atoms with Crippen LogP contribution in [0.25, 0.3) is 0 Å². The number of aryl methyl sites for hydroxylation is 2. The number of ether oxygens (including phenoxy) is 1.